The Bertz CT molecular complexity index is 781. The number of methoxy groups -OCH3 is 1. The highest BCUT2D eigenvalue weighted by atomic mass is 19.3. The average molecular weight is 364 g/mol. The van der Waals surface area contributed by atoms with Crippen LogP contribution in [-0.2, 0) is 0 Å². The maximum absolute atomic E-state index is 12.6. The fraction of sp³-hybridized carbons (Fsp3) is 0.316. The summed E-state index contributed by atoms with van der Waals surface area (Å²) in [5.41, 5.74) is 2.66. The molecule has 1 unspecified atom stereocenters. The molecule has 2 N–H and O–H groups in total. The first-order chi connectivity index (χ1) is 12.3. The van der Waals surface area contributed by atoms with E-state index in [4.69, 9.17) is 4.74 Å². The Balaban J connectivity index is 2.16. The number of anilines is 1. The van der Waals surface area contributed by atoms with Gasteiger partial charge in [0, 0.05) is 5.56 Å². The zero-order chi connectivity index (χ0) is 19.3. The number of hydrogen-bond donors (Lipinski definition) is 2. The number of ether oxygens (including phenoxy) is 2. The van der Waals surface area contributed by atoms with E-state index in [-0.39, 0.29) is 17.5 Å². The molecule has 0 bridgehead atoms. The van der Waals surface area contributed by atoms with Gasteiger partial charge in [-0.25, -0.2) is 4.79 Å². The van der Waals surface area contributed by atoms with Crippen molar-refractivity contribution >= 4 is 11.7 Å². The van der Waals surface area contributed by atoms with Crippen LogP contribution in [0.15, 0.2) is 36.4 Å². The van der Waals surface area contributed by atoms with E-state index in [1.165, 1.54) is 6.07 Å². The fourth-order valence-electron chi connectivity index (χ4n) is 2.61. The summed E-state index contributed by atoms with van der Waals surface area (Å²) in [7, 11) is 1.56. The highest BCUT2D eigenvalue weighted by molar-refractivity contribution is 5.92. The van der Waals surface area contributed by atoms with Gasteiger partial charge >= 0.3 is 12.6 Å². The predicted octanol–water partition coefficient (Wildman–Crippen LogP) is 4.80. The minimum Gasteiger partial charge on any atom is -0.496 e. The van der Waals surface area contributed by atoms with E-state index in [1.54, 1.807) is 26.2 Å². The van der Waals surface area contributed by atoms with Crippen LogP contribution < -0.4 is 20.1 Å². The third-order valence-electron chi connectivity index (χ3n) is 3.89. The van der Waals surface area contributed by atoms with Crippen LogP contribution in [0.2, 0.25) is 0 Å². The van der Waals surface area contributed by atoms with Crippen molar-refractivity contribution < 1.29 is 23.0 Å². The first-order valence-electron chi connectivity index (χ1n) is 8.08. The molecule has 0 saturated carbocycles. The smallest absolute Gasteiger partial charge is 0.387 e. The molecule has 2 aromatic rings. The second-order valence-corrected chi connectivity index (χ2v) is 5.89. The summed E-state index contributed by atoms with van der Waals surface area (Å²) in [5.74, 6) is 0.567. The van der Waals surface area contributed by atoms with Crippen LogP contribution >= 0.6 is 0 Å². The highest BCUT2D eigenvalue weighted by Crippen LogP contribution is 2.30. The number of halogens is 2. The predicted molar refractivity (Wildman–Crippen MR) is 96.1 cm³/mol. The van der Waals surface area contributed by atoms with Crippen molar-refractivity contribution in [3.05, 3.63) is 53.1 Å². The van der Waals surface area contributed by atoms with E-state index in [1.807, 2.05) is 32.0 Å². The van der Waals surface area contributed by atoms with Crippen molar-refractivity contribution in [3.63, 3.8) is 0 Å². The normalized spacial score (nSPS) is 11.8. The first-order valence-corrected chi connectivity index (χ1v) is 8.08. The molecule has 2 amide bonds. The van der Waals surface area contributed by atoms with Crippen LogP contribution in [0.25, 0.3) is 0 Å². The molecule has 140 valence electrons. The third-order valence-corrected chi connectivity index (χ3v) is 3.89. The van der Waals surface area contributed by atoms with Crippen molar-refractivity contribution in [2.75, 3.05) is 12.4 Å². The van der Waals surface area contributed by atoms with Crippen LogP contribution in [0.1, 0.15) is 29.7 Å². The molecular formula is C19H22F2N2O3. The van der Waals surface area contributed by atoms with Crippen LogP contribution in [-0.4, -0.2) is 19.8 Å². The van der Waals surface area contributed by atoms with Gasteiger partial charge in [-0.05, 0) is 38.5 Å². The van der Waals surface area contributed by atoms with Crippen molar-refractivity contribution in [2.45, 2.75) is 33.4 Å². The van der Waals surface area contributed by atoms with E-state index >= 15 is 0 Å². The molecule has 0 aromatic heterocycles. The number of para-hydroxylation sites is 1. The summed E-state index contributed by atoms with van der Waals surface area (Å²) in [4.78, 5) is 12.4. The minimum absolute atomic E-state index is 0.0871. The zero-order valence-corrected chi connectivity index (χ0v) is 15.1. The fourth-order valence-corrected chi connectivity index (χ4v) is 2.61. The van der Waals surface area contributed by atoms with Gasteiger partial charge in [-0.2, -0.15) is 8.78 Å². The lowest BCUT2D eigenvalue weighted by Gasteiger charge is -2.20. The van der Waals surface area contributed by atoms with Gasteiger partial charge in [-0.1, -0.05) is 29.8 Å². The molecule has 2 rings (SSSR count). The summed E-state index contributed by atoms with van der Waals surface area (Å²) in [5, 5.41) is 5.37. The first kappa shape index (κ1) is 19.5. The number of alkyl halides is 2. The van der Waals surface area contributed by atoms with Gasteiger partial charge in [0.05, 0.1) is 18.8 Å². The van der Waals surface area contributed by atoms with Crippen LogP contribution in [0.4, 0.5) is 19.3 Å². The number of urea groups is 1. The van der Waals surface area contributed by atoms with Crippen LogP contribution in [0.3, 0.4) is 0 Å². The van der Waals surface area contributed by atoms with E-state index in [2.05, 4.69) is 15.4 Å². The van der Waals surface area contributed by atoms with Gasteiger partial charge in [0.1, 0.15) is 11.5 Å². The largest absolute Gasteiger partial charge is 0.496 e. The van der Waals surface area contributed by atoms with Crippen LogP contribution in [0.5, 0.6) is 11.5 Å². The SMILES string of the molecule is COc1ccc(C)cc1C(C)NC(=O)Nc1c(C)cccc1OC(F)F. The second kappa shape index (κ2) is 8.51. The number of nitrogens with one attached hydrogen (secondary N) is 2. The number of carbonyl (C=O) groups is 1. The Hall–Kier alpha value is -2.83. The lowest BCUT2D eigenvalue weighted by atomic mass is 10.0. The lowest BCUT2D eigenvalue weighted by molar-refractivity contribution is -0.0493. The molecule has 1 atom stereocenters. The van der Waals surface area contributed by atoms with Crippen molar-refractivity contribution in [2.24, 2.45) is 0 Å². The molecule has 7 heteroatoms. The monoisotopic (exact) mass is 364 g/mol. The van der Waals surface area contributed by atoms with Gasteiger partial charge in [0.2, 0.25) is 0 Å². The van der Waals surface area contributed by atoms with Crippen molar-refractivity contribution in [3.8, 4) is 11.5 Å². The topological polar surface area (TPSA) is 59.6 Å². The number of hydrogen-bond acceptors (Lipinski definition) is 3. The molecule has 0 heterocycles. The second-order valence-electron chi connectivity index (χ2n) is 5.89. The molecule has 0 saturated heterocycles. The highest BCUT2D eigenvalue weighted by Gasteiger charge is 2.17. The molecule has 0 aliphatic carbocycles. The maximum Gasteiger partial charge on any atom is 0.387 e. The number of aryl methyl sites for hydroxylation is 2. The molecule has 5 nitrogen and oxygen atoms in total. The Morgan fingerprint density at radius 2 is 1.85 bits per heavy atom. The molecule has 0 aliphatic heterocycles. The molecule has 0 fully saturated rings. The van der Waals surface area contributed by atoms with E-state index in [9.17, 15) is 13.6 Å². The van der Waals surface area contributed by atoms with E-state index in [0.717, 1.165) is 11.1 Å². The number of carbonyl (C=O) groups excluding carboxylic acids is 1. The molecular weight excluding hydrogens is 342 g/mol. The number of amides is 2. The Morgan fingerprint density at radius 1 is 1.12 bits per heavy atom. The Labute approximate surface area is 151 Å². The standard InChI is InChI=1S/C19H22F2N2O3/c1-11-8-9-15(25-4)14(10-11)13(3)22-19(24)23-17-12(2)6-5-7-16(17)26-18(20)21/h5-10,13,18H,1-4H3,(H2,22,23,24). The summed E-state index contributed by atoms with van der Waals surface area (Å²) in [6.07, 6.45) is 0. The maximum atomic E-state index is 12.6. The summed E-state index contributed by atoms with van der Waals surface area (Å²) < 4.78 is 34.9. The van der Waals surface area contributed by atoms with E-state index < -0.39 is 12.6 Å². The molecule has 0 aliphatic rings. The van der Waals surface area contributed by atoms with Gasteiger partial charge in [-0.3, -0.25) is 0 Å². The van der Waals surface area contributed by atoms with E-state index in [0.29, 0.717) is 11.3 Å². The van der Waals surface area contributed by atoms with Crippen LogP contribution in [0, 0.1) is 13.8 Å². The van der Waals surface area contributed by atoms with Gasteiger partial charge in [-0.15, -0.1) is 0 Å². The third kappa shape index (κ3) is 4.84. The molecule has 0 spiro atoms. The lowest BCUT2D eigenvalue weighted by Crippen LogP contribution is -2.31. The molecule has 2 aromatic carbocycles. The van der Waals surface area contributed by atoms with Crippen molar-refractivity contribution in [1.29, 1.82) is 0 Å². The zero-order valence-electron chi connectivity index (χ0n) is 15.1. The molecule has 0 radical (unpaired) electrons. The minimum atomic E-state index is -2.98. The Morgan fingerprint density at radius 3 is 2.50 bits per heavy atom. The van der Waals surface area contributed by atoms with Gasteiger partial charge in [0.25, 0.3) is 0 Å². The quantitative estimate of drug-likeness (QED) is 0.774. The summed E-state index contributed by atoms with van der Waals surface area (Å²) in [6, 6.07) is 9.43. The van der Waals surface area contributed by atoms with Gasteiger partial charge < -0.3 is 20.1 Å². The average Bonchev–Trinajstić information content (AvgIpc) is 2.57. The summed E-state index contributed by atoms with van der Waals surface area (Å²) in [6.45, 7) is 2.47. The summed E-state index contributed by atoms with van der Waals surface area (Å²) >= 11 is 0. The van der Waals surface area contributed by atoms with Gasteiger partial charge in [0.15, 0.2) is 0 Å². The number of rotatable bonds is 6. The molecule has 26 heavy (non-hydrogen) atoms. The Kier molecular flexibility index (Phi) is 6.38. The van der Waals surface area contributed by atoms with Crippen molar-refractivity contribution in [1.82, 2.24) is 5.32 Å². The number of benzene rings is 2.